The van der Waals surface area contributed by atoms with Gasteiger partial charge in [0.25, 0.3) is 0 Å². The van der Waals surface area contributed by atoms with Crippen LogP contribution in [0.25, 0.3) is 22.6 Å². The number of nitrogens with one attached hydrogen (secondary N) is 1. The molecule has 1 aliphatic rings. The molecule has 2 aromatic carbocycles. The van der Waals surface area contributed by atoms with Crippen LogP contribution in [0, 0.1) is 5.82 Å². The second kappa shape index (κ2) is 6.88. The van der Waals surface area contributed by atoms with Crippen molar-refractivity contribution in [2.75, 3.05) is 0 Å². The lowest BCUT2D eigenvalue weighted by molar-refractivity contribution is 0.442. The van der Waals surface area contributed by atoms with Gasteiger partial charge in [-0.1, -0.05) is 18.2 Å². The van der Waals surface area contributed by atoms with E-state index in [4.69, 9.17) is 9.72 Å². The molecule has 0 amide bonds. The first-order chi connectivity index (χ1) is 13.8. The van der Waals surface area contributed by atoms with Crippen LogP contribution in [-0.2, 0) is 0 Å². The number of ether oxygens (including phenoxy) is 1. The van der Waals surface area contributed by atoms with Crippen LogP contribution in [0.2, 0.25) is 0 Å². The lowest BCUT2D eigenvalue weighted by Crippen LogP contribution is -1.94. The molecule has 6 heteroatoms. The van der Waals surface area contributed by atoms with Crippen molar-refractivity contribution in [1.29, 1.82) is 0 Å². The van der Waals surface area contributed by atoms with Crippen molar-refractivity contribution >= 4 is 0 Å². The number of para-hydroxylation sites is 1. The summed E-state index contributed by atoms with van der Waals surface area (Å²) in [4.78, 5) is 17.0. The molecule has 0 bridgehead atoms. The maximum absolute atomic E-state index is 13.4. The Morgan fingerprint density at radius 1 is 0.929 bits per heavy atom. The van der Waals surface area contributed by atoms with Crippen LogP contribution in [0.15, 0.2) is 66.9 Å². The Morgan fingerprint density at radius 2 is 1.71 bits per heavy atom. The quantitative estimate of drug-likeness (QED) is 0.513. The van der Waals surface area contributed by atoms with Crippen LogP contribution in [0.5, 0.6) is 11.8 Å². The number of nitrogens with zero attached hydrogens (tertiary/aromatic N) is 3. The average molecular weight is 372 g/mol. The molecule has 2 aromatic heterocycles. The van der Waals surface area contributed by atoms with Crippen LogP contribution in [0.3, 0.4) is 0 Å². The van der Waals surface area contributed by atoms with Gasteiger partial charge in [-0.15, -0.1) is 0 Å². The van der Waals surface area contributed by atoms with Gasteiger partial charge >= 0.3 is 6.01 Å². The molecule has 5 nitrogen and oxygen atoms in total. The molecule has 1 aliphatic carbocycles. The Bertz CT molecular complexity index is 1110. The van der Waals surface area contributed by atoms with Crippen molar-refractivity contribution in [3.05, 3.63) is 78.5 Å². The highest BCUT2D eigenvalue weighted by atomic mass is 19.1. The van der Waals surface area contributed by atoms with Gasteiger partial charge in [-0.25, -0.2) is 14.4 Å². The predicted octanol–water partition coefficient (Wildman–Crippen LogP) is 5.34. The van der Waals surface area contributed by atoms with E-state index in [0.29, 0.717) is 17.4 Å². The fraction of sp³-hybridized carbons (Fsp3) is 0.136. The summed E-state index contributed by atoms with van der Waals surface area (Å²) < 4.78 is 19.1. The van der Waals surface area contributed by atoms with Crippen molar-refractivity contribution in [2.24, 2.45) is 0 Å². The standard InChI is InChI=1S/C22H17FN4O/c23-16-10-8-14(9-11-16)19-20(27-21(26-19)15-6-7-15)18-12-13-24-22(25-18)28-17-4-2-1-3-5-17/h1-5,8-13,15H,6-7H2,(H,26,27). The minimum Gasteiger partial charge on any atom is -0.424 e. The smallest absolute Gasteiger partial charge is 0.322 e. The first kappa shape index (κ1) is 16.6. The predicted molar refractivity (Wildman–Crippen MR) is 103 cm³/mol. The molecule has 0 saturated heterocycles. The van der Waals surface area contributed by atoms with Crippen LogP contribution < -0.4 is 4.74 Å². The second-order valence-electron chi connectivity index (χ2n) is 6.77. The zero-order chi connectivity index (χ0) is 18.9. The molecule has 1 saturated carbocycles. The summed E-state index contributed by atoms with van der Waals surface area (Å²) in [5.74, 6) is 1.79. The summed E-state index contributed by atoms with van der Waals surface area (Å²) in [7, 11) is 0. The van der Waals surface area contributed by atoms with E-state index in [-0.39, 0.29) is 11.8 Å². The number of benzene rings is 2. The summed E-state index contributed by atoms with van der Waals surface area (Å²) in [5, 5.41) is 0. The van der Waals surface area contributed by atoms with Crippen LogP contribution in [0.4, 0.5) is 4.39 Å². The Hall–Kier alpha value is -3.54. The van der Waals surface area contributed by atoms with E-state index in [0.717, 1.165) is 35.6 Å². The van der Waals surface area contributed by atoms with Crippen molar-refractivity contribution in [3.63, 3.8) is 0 Å². The van der Waals surface area contributed by atoms with E-state index in [1.54, 1.807) is 18.3 Å². The third-order valence-corrected chi connectivity index (χ3v) is 4.65. The van der Waals surface area contributed by atoms with Gasteiger partial charge in [0.05, 0.1) is 17.1 Å². The normalized spacial score (nSPS) is 13.5. The fourth-order valence-electron chi connectivity index (χ4n) is 3.07. The third kappa shape index (κ3) is 3.36. The fourth-order valence-corrected chi connectivity index (χ4v) is 3.07. The minimum atomic E-state index is -0.274. The van der Waals surface area contributed by atoms with Gasteiger partial charge < -0.3 is 9.72 Å². The lowest BCUT2D eigenvalue weighted by Gasteiger charge is -2.06. The summed E-state index contributed by atoms with van der Waals surface area (Å²) in [6.45, 7) is 0. The Balaban J connectivity index is 1.55. The van der Waals surface area contributed by atoms with E-state index in [1.807, 2.05) is 36.4 Å². The minimum absolute atomic E-state index is 0.260. The second-order valence-corrected chi connectivity index (χ2v) is 6.77. The van der Waals surface area contributed by atoms with Gasteiger partial charge in [0.15, 0.2) is 0 Å². The van der Waals surface area contributed by atoms with Crippen LogP contribution in [0.1, 0.15) is 24.6 Å². The molecule has 0 radical (unpaired) electrons. The SMILES string of the molecule is Fc1ccc(-c2nc(C3CC3)[nH]c2-c2ccnc(Oc3ccccc3)n2)cc1. The maximum atomic E-state index is 13.4. The molecule has 138 valence electrons. The molecule has 0 atom stereocenters. The zero-order valence-electron chi connectivity index (χ0n) is 15.0. The van der Waals surface area contributed by atoms with E-state index in [9.17, 15) is 4.39 Å². The number of halogens is 1. The number of aromatic amines is 1. The highest BCUT2D eigenvalue weighted by Crippen LogP contribution is 2.41. The van der Waals surface area contributed by atoms with E-state index in [1.165, 1.54) is 12.1 Å². The summed E-state index contributed by atoms with van der Waals surface area (Å²) in [6.07, 6.45) is 3.91. The summed E-state index contributed by atoms with van der Waals surface area (Å²) in [5.41, 5.74) is 3.06. The van der Waals surface area contributed by atoms with Gasteiger partial charge in [-0.2, -0.15) is 4.98 Å². The van der Waals surface area contributed by atoms with Gasteiger partial charge in [-0.05, 0) is 55.3 Å². The first-order valence-corrected chi connectivity index (χ1v) is 9.18. The molecule has 0 unspecified atom stereocenters. The van der Waals surface area contributed by atoms with Crippen molar-refractivity contribution < 1.29 is 9.13 Å². The topological polar surface area (TPSA) is 63.7 Å². The van der Waals surface area contributed by atoms with Gasteiger partial charge in [0, 0.05) is 17.7 Å². The van der Waals surface area contributed by atoms with E-state index < -0.39 is 0 Å². The van der Waals surface area contributed by atoms with Crippen LogP contribution >= 0.6 is 0 Å². The Labute approximate surface area is 161 Å². The largest absolute Gasteiger partial charge is 0.424 e. The zero-order valence-corrected chi connectivity index (χ0v) is 15.0. The number of imidazole rings is 1. The third-order valence-electron chi connectivity index (χ3n) is 4.65. The number of rotatable bonds is 5. The summed E-state index contributed by atoms with van der Waals surface area (Å²) in [6, 6.07) is 17.8. The number of hydrogen-bond acceptors (Lipinski definition) is 4. The Kier molecular flexibility index (Phi) is 4.09. The maximum Gasteiger partial charge on any atom is 0.322 e. The average Bonchev–Trinajstić information content (AvgIpc) is 3.48. The van der Waals surface area contributed by atoms with Crippen LogP contribution in [-0.4, -0.2) is 19.9 Å². The monoisotopic (exact) mass is 372 g/mol. The van der Waals surface area contributed by atoms with Crippen molar-refractivity contribution in [3.8, 4) is 34.4 Å². The lowest BCUT2D eigenvalue weighted by atomic mass is 10.1. The molecule has 5 rings (SSSR count). The van der Waals surface area contributed by atoms with E-state index >= 15 is 0 Å². The molecule has 0 spiro atoms. The Morgan fingerprint density at radius 3 is 2.46 bits per heavy atom. The number of aromatic nitrogens is 4. The van der Waals surface area contributed by atoms with Crippen molar-refractivity contribution in [2.45, 2.75) is 18.8 Å². The highest BCUT2D eigenvalue weighted by molar-refractivity contribution is 5.76. The number of hydrogen-bond donors (Lipinski definition) is 1. The molecule has 1 fully saturated rings. The molecule has 28 heavy (non-hydrogen) atoms. The number of H-pyrrole nitrogens is 1. The molecular weight excluding hydrogens is 355 g/mol. The molecule has 1 N–H and O–H groups in total. The molecule has 4 aromatic rings. The van der Waals surface area contributed by atoms with Gasteiger partial charge in [0.1, 0.15) is 17.4 Å². The van der Waals surface area contributed by atoms with E-state index in [2.05, 4.69) is 15.0 Å². The summed E-state index contributed by atoms with van der Waals surface area (Å²) >= 11 is 0. The molecular formula is C22H17FN4O. The first-order valence-electron chi connectivity index (χ1n) is 9.18. The molecule has 2 heterocycles. The van der Waals surface area contributed by atoms with Crippen molar-refractivity contribution in [1.82, 2.24) is 19.9 Å². The van der Waals surface area contributed by atoms with Gasteiger partial charge in [-0.3, -0.25) is 0 Å². The van der Waals surface area contributed by atoms with Gasteiger partial charge in [0.2, 0.25) is 0 Å². The highest BCUT2D eigenvalue weighted by Gasteiger charge is 2.29. The molecule has 0 aliphatic heterocycles.